The summed E-state index contributed by atoms with van der Waals surface area (Å²) in [4.78, 5) is 13.0. The standard InChI is InChI=1S/C15H23NO2/c1-6-11(2)12-7-9-13(10-8-12)16(5)15(3,4)14(17)18/h7-11H,6H2,1-5H3,(H,17,18). The minimum atomic E-state index is -0.905. The van der Waals surface area contributed by atoms with Crippen LogP contribution in [0, 0.1) is 0 Å². The second-order valence-corrected chi connectivity index (χ2v) is 5.32. The van der Waals surface area contributed by atoms with Crippen LogP contribution in [0.1, 0.15) is 45.6 Å². The topological polar surface area (TPSA) is 40.5 Å². The van der Waals surface area contributed by atoms with Crippen molar-refractivity contribution >= 4 is 11.7 Å². The number of likely N-dealkylation sites (N-methyl/N-ethyl adjacent to an activating group) is 1. The Kier molecular flexibility index (Phi) is 4.38. The maximum atomic E-state index is 11.2. The average Bonchev–Trinajstić information content (AvgIpc) is 2.36. The van der Waals surface area contributed by atoms with Crippen molar-refractivity contribution in [3.05, 3.63) is 29.8 Å². The minimum Gasteiger partial charge on any atom is -0.480 e. The molecule has 1 aromatic rings. The van der Waals surface area contributed by atoms with Crippen LogP contribution in [0.4, 0.5) is 5.69 Å². The molecule has 0 radical (unpaired) electrons. The molecule has 0 aliphatic carbocycles. The van der Waals surface area contributed by atoms with Crippen molar-refractivity contribution in [3.63, 3.8) is 0 Å². The number of carboxylic acids is 1. The van der Waals surface area contributed by atoms with Gasteiger partial charge in [-0.2, -0.15) is 0 Å². The second kappa shape index (κ2) is 5.42. The number of rotatable bonds is 5. The molecule has 1 aromatic carbocycles. The van der Waals surface area contributed by atoms with Crippen molar-refractivity contribution in [2.24, 2.45) is 0 Å². The van der Waals surface area contributed by atoms with Crippen LogP contribution in [0.25, 0.3) is 0 Å². The third-order valence-electron chi connectivity index (χ3n) is 3.82. The summed E-state index contributed by atoms with van der Waals surface area (Å²) in [5, 5.41) is 9.21. The van der Waals surface area contributed by atoms with Crippen molar-refractivity contribution in [2.75, 3.05) is 11.9 Å². The van der Waals surface area contributed by atoms with Gasteiger partial charge in [0.1, 0.15) is 5.54 Å². The Hall–Kier alpha value is -1.51. The van der Waals surface area contributed by atoms with Gasteiger partial charge in [-0.1, -0.05) is 26.0 Å². The van der Waals surface area contributed by atoms with Crippen molar-refractivity contribution in [1.82, 2.24) is 0 Å². The largest absolute Gasteiger partial charge is 0.480 e. The number of carbonyl (C=O) groups is 1. The number of anilines is 1. The number of benzene rings is 1. The zero-order chi connectivity index (χ0) is 13.9. The van der Waals surface area contributed by atoms with E-state index in [2.05, 4.69) is 26.0 Å². The molecule has 100 valence electrons. The highest BCUT2D eigenvalue weighted by Gasteiger charge is 2.32. The first-order chi connectivity index (χ1) is 8.30. The van der Waals surface area contributed by atoms with Gasteiger partial charge in [-0.15, -0.1) is 0 Å². The van der Waals surface area contributed by atoms with Crippen LogP contribution in [-0.2, 0) is 4.79 Å². The molecule has 1 N–H and O–H groups in total. The normalized spacial score (nSPS) is 13.2. The van der Waals surface area contributed by atoms with Gasteiger partial charge in [0.15, 0.2) is 0 Å². The van der Waals surface area contributed by atoms with Crippen LogP contribution in [0.3, 0.4) is 0 Å². The lowest BCUT2D eigenvalue weighted by Gasteiger charge is -2.33. The lowest BCUT2D eigenvalue weighted by Crippen LogP contribution is -2.48. The van der Waals surface area contributed by atoms with Crippen molar-refractivity contribution < 1.29 is 9.90 Å². The number of aliphatic carboxylic acids is 1. The Morgan fingerprint density at radius 1 is 1.33 bits per heavy atom. The zero-order valence-electron chi connectivity index (χ0n) is 11.9. The van der Waals surface area contributed by atoms with Gasteiger partial charge in [-0.3, -0.25) is 0 Å². The zero-order valence-corrected chi connectivity index (χ0v) is 11.9. The molecule has 1 atom stereocenters. The second-order valence-electron chi connectivity index (χ2n) is 5.32. The van der Waals surface area contributed by atoms with Gasteiger partial charge >= 0.3 is 5.97 Å². The first-order valence-corrected chi connectivity index (χ1v) is 6.37. The lowest BCUT2D eigenvalue weighted by atomic mass is 9.97. The predicted octanol–water partition coefficient (Wildman–Crippen LogP) is 3.50. The van der Waals surface area contributed by atoms with Gasteiger partial charge < -0.3 is 10.0 Å². The fourth-order valence-electron chi connectivity index (χ4n) is 1.73. The Labute approximate surface area is 109 Å². The monoisotopic (exact) mass is 249 g/mol. The SMILES string of the molecule is CCC(C)c1ccc(N(C)C(C)(C)C(=O)O)cc1. The summed E-state index contributed by atoms with van der Waals surface area (Å²) in [6, 6.07) is 8.15. The summed E-state index contributed by atoms with van der Waals surface area (Å²) in [7, 11) is 1.81. The molecular formula is C15H23NO2. The first kappa shape index (κ1) is 14.6. The van der Waals surface area contributed by atoms with E-state index >= 15 is 0 Å². The number of hydrogen-bond donors (Lipinski definition) is 1. The lowest BCUT2D eigenvalue weighted by molar-refractivity contribution is -0.142. The molecule has 1 unspecified atom stereocenters. The van der Waals surface area contributed by atoms with Gasteiger partial charge in [0.05, 0.1) is 0 Å². The van der Waals surface area contributed by atoms with Crippen molar-refractivity contribution in [1.29, 1.82) is 0 Å². The molecule has 0 aliphatic heterocycles. The van der Waals surface area contributed by atoms with Gasteiger partial charge in [-0.05, 0) is 43.9 Å². The fraction of sp³-hybridized carbons (Fsp3) is 0.533. The minimum absolute atomic E-state index is 0.539. The third kappa shape index (κ3) is 2.84. The highest BCUT2D eigenvalue weighted by atomic mass is 16.4. The third-order valence-corrected chi connectivity index (χ3v) is 3.82. The van der Waals surface area contributed by atoms with Gasteiger partial charge in [0.25, 0.3) is 0 Å². The van der Waals surface area contributed by atoms with E-state index in [-0.39, 0.29) is 0 Å². The van der Waals surface area contributed by atoms with Crippen molar-refractivity contribution in [3.8, 4) is 0 Å². The molecule has 0 heterocycles. The van der Waals surface area contributed by atoms with Crippen LogP contribution in [0.2, 0.25) is 0 Å². The first-order valence-electron chi connectivity index (χ1n) is 6.37. The molecule has 0 aromatic heterocycles. The number of carboxylic acid groups (broad SMARTS) is 1. The van der Waals surface area contributed by atoms with E-state index in [1.165, 1.54) is 5.56 Å². The molecule has 0 fully saturated rings. The molecule has 0 amide bonds. The van der Waals surface area contributed by atoms with Crippen LogP contribution < -0.4 is 4.90 Å². The molecule has 0 saturated heterocycles. The van der Waals surface area contributed by atoms with E-state index in [0.717, 1.165) is 12.1 Å². The molecule has 3 nitrogen and oxygen atoms in total. The molecule has 0 spiro atoms. The Bertz CT molecular complexity index is 409. The smallest absolute Gasteiger partial charge is 0.328 e. The molecule has 0 bridgehead atoms. The number of nitrogens with zero attached hydrogens (tertiary/aromatic N) is 1. The van der Waals surface area contributed by atoms with E-state index in [9.17, 15) is 9.90 Å². The van der Waals surface area contributed by atoms with E-state index in [1.54, 1.807) is 18.7 Å². The van der Waals surface area contributed by atoms with Gasteiger partial charge in [-0.25, -0.2) is 4.79 Å². The quantitative estimate of drug-likeness (QED) is 0.868. The molecule has 0 aliphatic rings. The molecule has 3 heteroatoms. The highest BCUT2D eigenvalue weighted by molar-refractivity contribution is 5.82. The Morgan fingerprint density at radius 3 is 2.22 bits per heavy atom. The van der Waals surface area contributed by atoms with E-state index in [4.69, 9.17) is 0 Å². The van der Waals surface area contributed by atoms with Crippen LogP contribution in [0.5, 0.6) is 0 Å². The maximum Gasteiger partial charge on any atom is 0.328 e. The van der Waals surface area contributed by atoms with Crippen LogP contribution >= 0.6 is 0 Å². The summed E-state index contributed by atoms with van der Waals surface area (Å²) < 4.78 is 0. The number of hydrogen-bond acceptors (Lipinski definition) is 2. The van der Waals surface area contributed by atoms with Crippen molar-refractivity contribution in [2.45, 2.75) is 45.6 Å². The van der Waals surface area contributed by atoms with E-state index in [1.807, 2.05) is 19.2 Å². The van der Waals surface area contributed by atoms with E-state index < -0.39 is 11.5 Å². The summed E-state index contributed by atoms with van der Waals surface area (Å²) in [6.45, 7) is 7.77. The van der Waals surface area contributed by atoms with Crippen LogP contribution in [-0.4, -0.2) is 23.7 Å². The van der Waals surface area contributed by atoms with Crippen LogP contribution in [0.15, 0.2) is 24.3 Å². The average molecular weight is 249 g/mol. The molecule has 1 rings (SSSR count). The molecule has 18 heavy (non-hydrogen) atoms. The predicted molar refractivity (Wildman–Crippen MR) is 75.3 cm³/mol. The highest BCUT2D eigenvalue weighted by Crippen LogP contribution is 2.25. The fourth-order valence-corrected chi connectivity index (χ4v) is 1.73. The maximum absolute atomic E-state index is 11.2. The summed E-state index contributed by atoms with van der Waals surface area (Å²) in [5.41, 5.74) is 1.31. The summed E-state index contributed by atoms with van der Waals surface area (Å²) in [6.07, 6.45) is 1.11. The Morgan fingerprint density at radius 2 is 1.83 bits per heavy atom. The molecule has 0 saturated carbocycles. The molecular weight excluding hydrogens is 226 g/mol. The summed E-state index contributed by atoms with van der Waals surface area (Å²) in [5.74, 6) is -0.284. The summed E-state index contributed by atoms with van der Waals surface area (Å²) >= 11 is 0. The Balaban J connectivity index is 2.95. The van der Waals surface area contributed by atoms with Gasteiger partial charge in [0.2, 0.25) is 0 Å². The van der Waals surface area contributed by atoms with Gasteiger partial charge in [0, 0.05) is 12.7 Å². The van der Waals surface area contributed by atoms with E-state index in [0.29, 0.717) is 5.92 Å².